The van der Waals surface area contributed by atoms with E-state index in [0.717, 1.165) is 15.3 Å². The zero-order valence-corrected chi connectivity index (χ0v) is 11.2. The fourth-order valence-corrected chi connectivity index (χ4v) is 2.56. The van der Waals surface area contributed by atoms with E-state index >= 15 is 0 Å². The molecule has 2 aromatic rings. The van der Waals surface area contributed by atoms with E-state index in [1.807, 2.05) is 42.5 Å². The molecule has 0 saturated heterocycles. The zero-order valence-electron chi connectivity index (χ0n) is 10.4. The summed E-state index contributed by atoms with van der Waals surface area (Å²) in [6.07, 6.45) is -0.217. The Kier molecular flexibility index (Phi) is 4.91. The van der Waals surface area contributed by atoms with E-state index in [-0.39, 0.29) is 14.6 Å². The lowest BCUT2D eigenvalue weighted by Crippen LogP contribution is -2.30. The average molecular weight is 284 g/mol. The van der Waals surface area contributed by atoms with E-state index in [1.165, 1.54) is 18.8 Å². The fourth-order valence-electron chi connectivity index (χ4n) is 1.72. The lowest BCUT2D eigenvalue weighted by molar-refractivity contribution is -0.135. The van der Waals surface area contributed by atoms with Crippen molar-refractivity contribution in [2.75, 3.05) is 5.12 Å². The van der Waals surface area contributed by atoms with Crippen molar-refractivity contribution in [3.63, 3.8) is 0 Å². The van der Waals surface area contributed by atoms with Crippen molar-refractivity contribution in [1.29, 1.82) is 0 Å². The molecule has 0 saturated carbocycles. The molecule has 1 atom stereocenters. The second-order valence-electron chi connectivity index (χ2n) is 3.85. The maximum atomic E-state index is 8.37. The van der Waals surface area contributed by atoms with Crippen molar-refractivity contribution in [3.8, 4) is 0 Å². The molecule has 0 aliphatic carbocycles. The quantitative estimate of drug-likeness (QED) is 0.507. The Morgan fingerprint density at radius 3 is 2.80 bits per heavy atom. The Labute approximate surface area is 122 Å². The minimum absolute atomic E-state index is 0. The Morgan fingerprint density at radius 2 is 2.05 bits per heavy atom. The van der Waals surface area contributed by atoms with Crippen LogP contribution in [0.1, 0.15) is 11.0 Å². The molecule has 2 heterocycles. The summed E-state index contributed by atoms with van der Waals surface area (Å²) in [5.74, 6) is 0. The van der Waals surface area contributed by atoms with Crippen LogP contribution in [-0.4, -0.2) is 21.2 Å². The minimum atomic E-state index is -0.217. The molecule has 1 aromatic carbocycles. The van der Waals surface area contributed by atoms with Crippen molar-refractivity contribution in [2.45, 2.75) is 6.17 Å². The molecule has 6 nitrogen and oxygen atoms in total. The molecule has 0 bridgehead atoms. The maximum Gasteiger partial charge on any atom is 0.392 e. The smallest absolute Gasteiger partial charge is 0.306 e. The van der Waals surface area contributed by atoms with Gasteiger partial charge in [-0.05, 0) is 18.2 Å². The number of nitrogens with zero attached hydrogens (tertiary/aromatic N) is 3. The molecular weight excluding hydrogens is 274 g/mol. The largest absolute Gasteiger partial charge is 0.392 e. The van der Waals surface area contributed by atoms with Crippen molar-refractivity contribution < 1.29 is 10.1 Å². The first-order chi connectivity index (χ1) is 9.36. The molecule has 9 heteroatoms. The van der Waals surface area contributed by atoms with Gasteiger partial charge in [0.1, 0.15) is 0 Å². The number of hydrazine groups is 1. The molecule has 4 radical (unpaired) electrons. The van der Waals surface area contributed by atoms with E-state index in [9.17, 15) is 0 Å². The standard InChI is InChI=1S/C11H10BN4O2S.B/c17-18-12-10-7-6-9(19-10)11-13-15-16(14-11)8-4-2-1-3-5-8;/h1-7,11,14,17H;. The summed E-state index contributed by atoms with van der Waals surface area (Å²) in [6.45, 7) is 0. The van der Waals surface area contributed by atoms with Crippen LogP contribution in [0, 0.1) is 0 Å². The highest BCUT2D eigenvalue weighted by Crippen LogP contribution is 2.26. The van der Waals surface area contributed by atoms with Crippen LogP contribution in [0.5, 0.6) is 0 Å². The van der Waals surface area contributed by atoms with Gasteiger partial charge in [0.15, 0.2) is 6.17 Å². The van der Waals surface area contributed by atoms with Gasteiger partial charge in [0.25, 0.3) is 0 Å². The van der Waals surface area contributed by atoms with Crippen LogP contribution < -0.4 is 15.3 Å². The van der Waals surface area contributed by atoms with Crippen molar-refractivity contribution in [3.05, 3.63) is 47.3 Å². The molecular formula is C11H10B2N4O2S. The summed E-state index contributed by atoms with van der Waals surface area (Å²) in [7, 11) is 1.27. The van der Waals surface area contributed by atoms with Gasteiger partial charge in [0.05, 0.1) is 5.69 Å². The van der Waals surface area contributed by atoms with Crippen LogP contribution in [-0.2, 0) is 4.81 Å². The molecule has 20 heavy (non-hydrogen) atoms. The summed E-state index contributed by atoms with van der Waals surface area (Å²) in [6, 6.07) is 13.5. The lowest BCUT2D eigenvalue weighted by Gasteiger charge is -2.14. The highest BCUT2D eigenvalue weighted by atomic mass is 32.1. The van der Waals surface area contributed by atoms with Crippen molar-refractivity contribution in [2.24, 2.45) is 10.3 Å². The molecule has 1 aliphatic rings. The summed E-state index contributed by atoms with van der Waals surface area (Å²) < 4.78 is 0.813. The molecule has 1 aliphatic heterocycles. The Hall–Kier alpha value is -1.67. The third-order valence-electron chi connectivity index (χ3n) is 2.59. The molecule has 3 rings (SSSR count). The van der Waals surface area contributed by atoms with Crippen LogP contribution in [0.3, 0.4) is 0 Å². The van der Waals surface area contributed by atoms with E-state index in [0.29, 0.717) is 0 Å². The number of benzene rings is 1. The highest BCUT2D eigenvalue weighted by molar-refractivity contribution is 7.21. The summed E-state index contributed by atoms with van der Waals surface area (Å²) in [4.78, 5) is 4.99. The molecule has 0 amide bonds. The van der Waals surface area contributed by atoms with E-state index in [2.05, 4.69) is 20.6 Å². The minimum Gasteiger partial charge on any atom is -0.306 e. The Bertz CT molecular complexity index is 581. The zero-order chi connectivity index (χ0) is 13.1. The Morgan fingerprint density at radius 1 is 1.25 bits per heavy atom. The topological polar surface area (TPSA) is 69.5 Å². The van der Waals surface area contributed by atoms with Gasteiger partial charge in [-0.25, -0.2) is 0 Å². The first-order valence-corrected chi connectivity index (χ1v) is 6.44. The Balaban J connectivity index is 0.00000147. The summed E-state index contributed by atoms with van der Waals surface area (Å²) >= 11 is 1.47. The number of thiophene rings is 1. The first kappa shape index (κ1) is 14.7. The van der Waals surface area contributed by atoms with E-state index < -0.39 is 0 Å². The maximum absolute atomic E-state index is 8.37. The second kappa shape index (κ2) is 6.67. The number of nitrogens with one attached hydrogen (secondary N) is 1. The molecule has 1 unspecified atom stereocenters. The van der Waals surface area contributed by atoms with Gasteiger partial charge >= 0.3 is 7.48 Å². The van der Waals surface area contributed by atoms with Crippen LogP contribution >= 0.6 is 11.3 Å². The predicted octanol–water partition coefficient (Wildman–Crippen LogP) is 1.49. The molecule has 0 spiro atoms. The SMILES string of the molecule is OO[B]c1ccc(C2N=NN(c3ccccc3)N2)s1.[B]. The summed E-state index contributed by atoms with van der Waals surface area (Å²) in [5.41, 5.74) is 4.10. The molecule has 1 aromatic heterocycles. The monoisotopic (exact) mass is 284 g/mol. The number of anilines is 1. The fraction of sp³-hybridized carbons (Fsp3) is 0.0909. The van der Waals surface area contributed by atoms with Crippen LogP contribution in [0.4, 0.5) is 5.69 Å². The molecule has 98 valence electrons. The lowest BCUT2D eigenvalue weighted by atomic mass is 10.0. The average Bonchev–Trinajstić information content (AvgIpc) is 3.08. The van der Waals surface area contributed by atoms with Gasteiger partial charge in [-0.1, -0.05) is 29.5 Å². The molecule has 0 fully saturated rings. The van der Waals surface area contributed by atoms with Gasteiger partial charge in [-0.15, -0.1) is 16.5 Å². The van der Waals surface area contributed by atoms with E-state index in [4.69, 9.17) is 5.26 Å². The van der Waals surface area contributed by atoms with Gasteiger partial charge in [0.2, 0.25) is 0 Å². The highest BCUT2D eigenvalue weighted by Gasteiger charge is 2.22. The van der Waals surface area contributed by atoms with Gasteiger partial charge < -0.3 is 4.81 Å². The number of hydrogen-bond acceptors (Lipinski definition) is 7. The van der Waals surface area contributed by atoms with E-state index in [1.54, 1.807) is 5.12 Å². The molecule has 2 N–H and O–H groups in total. The van der Waals surface area contributed by atoms with Gasteiger partial charge in [-0.2, -0.15) is 10.5 Å². The number of rotatable bonds is 4. The first-order valence-electron chi connectivity index (χ1n) is 5.62. The predicted molar refractivity (Wildman–Crippen MR) is 78.8 cm³/mol. The second-order valence-corrected chi connectivity index (χ2v) is 4.99. The number of hydrogen-bond donors (Lipinski definition) is 2. The van der Waals surface area contributed by atoms with Gasteiger partial charge in [-0.3, -0.25) is 5.26 Å². The normalized spacial score (nSPS) is 17.1. The van der Waals surface area contributed by atoms with Crippen molar-refractivity contribution >= 4 is 37.7 Å². The third kappa shape index (κ3) is 3.07. The summed E-state index contributed by atoms with van der Waals surface area (Å²) in [5, 5.41) is 18.3. The van der Waals surface area contributed by atoms with Crippen molar-refractivity contribution in [1.82, 2.24) is 5.43 Å². The third-order valence-corrected chi connectivity index (χ3v) is 3.65. The van der Waals surface area contributed by atoms with Crippen LogP contribution in [0.2, 0.25) is 0 Å². The van der Waals surface area contributed by atoms with Gasteiger partial charge in [0, 0.05) is 18.1 Å². The number of para-hydroxylation sites is 1. The van der Waals surface area contributed by atoms with Crippen LogP contribution in [0.25, 0.3) is 0 Å². The van der Waals surface area contributed by atoms with Crippen LogP contribution in [0.15, 0.2) is 52.8 Å².